The number of carbonyl (C=O) groups is 1. The number of aldehydes is 1. The predicted molar refractivity (Wildman–Crippen MR) is 58.6 cm³/mol. The Morgan fingerprint density at radius 3 is 2.62 bits per heavy atom. The SMILES string of the molecule is CBc1cc(C=O)c(C)cc1CC. The van der Waals surface area contributed by atoms with E-state index in [-0.39, 0.29) is 0 Å². The lowest BCUT2D eigenvalue weighted by molar-refractivity contribution is 0.112. The number of hydrogen-bond acceptors (Lipinski definition) is 1. The molecular weight excluding hydrogens is 159 g/mol. The maximum Gasteiger partial charge on any atom is 0.154 e. The molecule has 0 aliphatic heterocycles. The van der Waals surface area contributed by atoms with Crippen molar-refractivity contribution in [2.45, 2.75) is 27.1 Å². The second-order valence-corrected chi connectivity index (χ2v) is 3.30. The molecule has 0 N–H and O–H groups in total. The molecule has 0 amide bonds. The van der Waals surface area contributed by atoms with Crippen LogP contribution < -0.4 is 5.46 Å². The van der Waals surface area contributed by atoms with Crippen LogP contribution in [0.25, 0.3) is 0 Å². The second kappa shape index (κ2) is 4.26. The third kappa shape index (κ3) is 2.00. The van der Waals surface area contributed by atoms with E-state index >= 15 is 0 Å². The minimum Gasteiger partial charge on any atom is -0.298 e. The summed E-state index contributed by atoms with van der Waals surface area (Å²) >= 11 is 0. The summed E-state index contributed by atoms with van der Waals surface area (Å²) in [5.74, 6) is 0. The normalized spacial score (nSPS) is 9.77. The minimum atomic E-state index is 0.828. The molecule has 0 fully saturated rings. The molecule has 0 aromatic heterocycles. The first-order valence-corrected chi connectivity index (χ1v) is 4.80. The van der Waals surface area contributed by atoms with Crippen LogP contribution in [0.1, 0.15) is 28.4 Å². The van der Waals surface area contributed by atoms with Crippen molar-refractivity contribution in [1.82, 2.24) is 0 Å². The van der Waals surface area contributed by atoms with Gasteiger partial charge in [0, 0.05) is 5.56 Å². The van der Waals surface area contributed by atoms with Crippen LogP contribution in [0.3, 0.4) is 0 Å². The topological polar surface area (TPSA) is 17.1 Å². The number of benzene rings is 1. The zero-order chi connectivity index (χ0) is 9.84. The van der Waals surface area contributed by atoms with Gasteiger partial charge >= 0.3 is 0 Å². The molecule has 0 aliphatic rings. The van der Waals surface area contributed by atoms with Crippen molar-refractivity contribution in [1.29, 1.82) is 0 Å². The number of rotatable bonds is 3. The molecule has 0 radical (unpaired) electrons. The van der Waals surface area contributed by atoms with Crippen LogP contribution in [0.5, 0.6) is 0 Å². The van der Waals surface area contributed by atoms with Gasteiger partial charge in [-0.05, 0) is 18.9 Å². The highest BCUT2D eigenvalue weighted by atomic mass is 16.1. The van der Waals surface area contributed by atoms with Gasteiger partial charge in [-0.3, -0.25) is 4.79 Å². The summed E-state index contributed by atoms with van der Waals surface area (Å²) in [5, 5.41) is 0. The lowest BCUT2D eigenvalue weighted by atomic mass is 9.69. The standard InChI is InChI=1S/C11H15BO/c1-4-9-5-8(2)10(7-13)6-11(9)12-3/h5-7,12H,4H2,1-3H3. The summed E-state index contributed by atoms with van der Waals surface area (Å²) in [6.07, 6.45) is 1.98. The molecule has 0 bridgehead atoms. The van der Waals surface area contributed by atoms with Gasteiger partial charge < -0.3 is 0 Å². The maximum atomic E-state index is 10.7. The van der Waals surface area contributed by atoms with Gasteiger partial charge in [-0.15, -0.1) is 0 Å². The highest BCUT2D eigenvalue weighted by Crippen LogP contribution is 2.07. The van der Waals surface area contributed by atoms with Gasteiger partial charge in [-0.25, -0.2) is 0 Å². The van der Waals surface area contributed by atoms with Gasteiger partial charge in [0.25, 0.3) is 0 Å². The molecule has 0 unspecified atom stereocenters. The summed E-state index contributed by atoms with van der Waals surface area (Å²) in [5.41, 5.74) is 4.58. The van der Waals surface area contributed by atoms with E-state index in [1.165, 1.54) is 11.0 Å². The van der Waals surface area contributed by atoms with Crippen molar-refractivity contribution in [3.8, 4) is 0 Å². The fraction of sp³-hybridized carbons (Fsp3) is 0.364. The quantitative estimate of drug-likeness (QED) is 0.501. The molecule has 1 nitrogen and oxygen atoms in total. The fourth-order valence-corrected chi connectivity index (χ4v) is 1.62. The van der Waals surface area contributed by atoms with Crippen LogP contribution in [-0.2, 0) is 6.42 Å². The molecule has 0 spiro atoms. The predicted octanol–water partition coefficient (Wildman–Crippen LogP) is 1.48. The van der Waals surface area contributed by atoms with Crippen LogP contribution in [-0.4, -0.2) is 13.6 Å². The summed E-state index contributed by atoms with van der Waals surface area (Å²) in [4.78, 5) is 10.7. The Morgan fingerprint density at radius 1 is 1.46 bits per heavy atom. The van der Waals surface area contributed by atoms with Crippen LogP contribution in [0, 0.1) is 6.92 Å². The largest absolute Gasteiger partial charge is 0.298 e. The van der Waals surface area contributed by atoms with E-state index < -0.39 is 0 Å². The van der Waals surface area contributed by atoms with Gasteiger partial charge in [-0.1, -0.05) is 36.9 Å². The average molecular weight is 174 g/mol. The molecule has 68 valence electrons. The number of hydrogen-bond donors (Lipinski definition) is 0. The molecule has 1 rings (SSSR count). The maximum absolute atomic E-state index is 10.7. The fourth-order valence-electron chi connectivity index (χ4n) is 1.62. The van der Waals surface area contributed by atoms with E-state index in [0.29, 0.717) is 0 Å². The highest BCUT2D eigenvalue weighted by molar-refractivity contribution is 6.52. The van der Waals surface area contributed by atoms with E-state index in [1.807, 2.05) is 13.0 Å². The van der Waals surface area contributed by atoms with E-state index in [0.717, 1.165) is 31.1 Å². The molecule has 1 aromatic rings. The molecule has 0 heterocycles. The Balaban J connectivity index is 3.26. The van der Waals surface area contributed by atoms with Crippen molar-refractivity contribution in [2.75, 3.05) is 0 Å². The highest BCUT2D eigenvalue weighted by Gasteiger charge is 2.04. The molecule has 0 aliphatic carbocycles. The van der Waals surface area contributed by atoms with Crippen LogP contribution in [0.2, 0.25) is 6.82 Å². The van der Waals surface area contributed by atoms with Gasteiger partial charge in [-0.2, -0.15) is 0 Å². The lowest BCUT2D eigenvalue weighted by Gasteiger charge is -2.08. The molecule has 0 saturated carbocycles. The van der Waals surface area contributed by atoms with E-state index in [2.05, 4.69) is 19.8 Å². The van der Waals surface area contributed by atoms with Gasteiger partial charge in [0.1, 0.15) is 6.29 Å². The Labute approximate surface area is 80.4 Å². The molecule has 0 atom stereocenters. The van der Waals surface area contributed by atoms with Crippen LogP contribution in [0.15, 0.2) is 12.1 Å². The van der Waals surface area contributed by atoms with Crippen molar-refractivity contribution in [3.05, 3.63) is 28.8 Å². The summed E-state index contributed by atoms with van der Waals surface area (Å²) in [7, 11) is 1.00. The van der Waals surface area contributed by atoms with E-state index in [9.17, 15) is 4.79 Å². The first-order chi connectivity index (χ1) is 6.22. The Morgan fingerprint density at radius 2 is 2.15 bits per heavy atom. The van der Waals surface area contributed by atoms with E-state index in [4.69, 9.17) is 0 Å². The Bertz CT molecular complexity index is 318. The van der Waals surface area contributed by atoms with Crippen molar-refractivity contribution in [3.63, 3.8) is 0 Å². The summed E-state index contributed by atoms with van der Waals surface area (Å²) in [6, 6.07) is 4.14. The van der Waals surface area contributed by atoms with Crippen molar-refractivity contribution >= 4 is 19.0 Å². The minimum absolute atomic E-state index is 0.828. The summed E-state index contributed by atoms with van der Waals surface area (Å²) < 4.78 is 0. The zero-order valence-corrected chi connectivity index (χ0v) is 8.55. The Hall–Kier alpha value is -1.05. The molecule has 2 heteroatoms. The van der Waals surface area contributed by atoms with Gasteiger partial charge in [0.15, 0.2) is 7.28 Å². The molecular formula is C11H15BO. The first kappa shape index (κ1) is 10.0. The lowest BCUT2D eigenvalue weighted by Crippen LogP contribution is -2.18. The van der Waals surface area contributed by atoms with Gasteiger partial charge in [0.2, 0.25) is 0 Å². The first-order valence-electron chi connectivity index (χ1n) is 4.80. The third-order valence-corrected chi connectivity index (χ3v) is 2.48. The molecule has 13 heavy (non-hydrogen) atoms. The molecule has 0 saturated heterocycles. The van der Waals surface area contributed by atoms with Crippen molar-refractivity contribution in [2.24, 2.45) is 0 Å². The monoisotopic (exact) mass is 174 g/mol. The zero-order valence-electron chi connectivity index (χ0n) is 8.55. The molecule has 1 aromatic carbocycles. The number of aryl methyl sites for hydroxylation is 2. The van der Waals surface area contributed by atoms with Crippen LogP contribution in [0.4, 0.5) is 0 Å². The van der Waals surface area contributed by atoms with Crippen molar-refractivity contribution < 1.29 is 4.79 Å². The second-order valence-electron chi connectivity index (χ2n) is 3.30. The summed E-state index contributed by atoms with van der Waals surface area (Å²) in [6.45, 7) is 6.26. The number of carbonyl (C=O) groups excluding carboxylic acids is 1. The third-order valence-electron chi connectivity index (χ3n) is 2.48. The average Bonchev–Trinajstić information content (AvgIpc) is 2.17. The smallest absolute Gasteiger partial charge is 0.154 e. The van der Waals surface area contributed by atoms with E-state index in [1.54, 1.807) is 0 Å². The van der Waals surface area contributed by atoms with Gasteiger partial charge in [0.05, 0.1) is 0 Å². The Kier molecular flexibility index (Phi) is 3.29. The van der Waals surface area contributed by atoms with Crippen LogP contribution >= 0.6 is 0 Å².